The van der Waals surface area contributed by atoms with E-state index in [0.717, 1.165) is 22.6 Å². The van der Waals surface area contributed by atoms with Crippen LogP contribution in [-0.2, 0) is 16.0 Å². The first-order chi connectivity index (χ1) is 15.1. The summed E-state index contributed by atoms with van der Waals surface area (Å²) >= 11 is 1.55. The lowest BCUT2D eigenvalue weighted by Crippen LogP contribution is -2.08. The van der Waals surface area contributed by atoms with Crippen molar-refractivity contribution >= 4 is 35.4 Å². The fraction of sp³-hybridized carbons (Fsp3) is 0.154. The minimum atomic E-state index is -0.791. The highest BCUT2D eigenvalue weighted by atomic mass is 32.2. The minimum absolute atomic E-state index is 0.147. The average molecular weight is 432 g/mol. The second-order valence-electron chi connectivity index (χ2n) is 7.07. The maximum absolute atomic E-state index is 12.4. The van der Waals surface area contributed by atoms with E-state index >= 15 is 0 Å². The smallest absolute Gasteiger partial charge is 0.303 e. The number of carboxylic acid groups (broad SMARTS) is 1. The van der Waals surface area contributed by atoms with E-state index in [0.29, 0.717) is 12.2 Å². The number of carbonyl (C=O) groups is 2. The van der Waals surface area contributed by atoms with Gasteiger partial charge in [-0.05, 0) is 53.5 Å². The quantitative estimate of drug-likeness (QED) is 0.239. The summed E-state index contributed by atoms with van der Waals surface area (Å²) in [5.41, 5.74) is 4.19. The molecule has 0 aromatic heterocycles. The molecule has 31 heavy (non-hydrogen) atoms. The Kier molecular flexibility index (Phi) is 8.49. The number of hydrogen-bond acceptors (Lipinski definition) is 3. The van der Waals surface area contributed by atoms with Gasteiger partial charge < -0.3 is 10.4 Å². The van der Waals surface area contributed by atoms with E-state index in [4.69, 9.17) is 5.11 Å². The highest BCUT2D eigenvalue weighted by Gasteiger charge is 2.06. The molecule has 0 saturated heterocycles. The van der Waals surface area contributed by atoms with Crippen molar-refractivity contribution in [2.24, 2.45) is 0 Å². The third-order valence-corrected chi connectivity index (χ3v) is 5.76. The van der Waals surface area contributed by atoms with Crippen molar-refractivity contribution in [3.63, 3.8) is 0 Å². The van der Waals surface area contributed by atoms with Gasteiger partial charge in [-0.3, -0.25) is 9.59 Å². The van der Waals surface area contributed by atoms with E-state index in [1.54, 1.807) is 17.8 Å². The highest BCUT2D eigenvalue weighted by Crippen LogP contribution is 2.27. The Morgan fingerprint density at radius 1 is 0.871 bits per heavy atom. The van der Waals surface area contributed by atoms with Crippen LogP contribution in [0.15, 0.2) is 89.8 Å². The number of carbonyl (C=O) groups excluding carboxylic acids is 1. The molecular formula is C26H25NO3S. The van der Waals surface area contributed by atoms with Gasteiger partial charge in [0, 0.05) is 17.4 Å². The molecule has 0 bridgehead atoms. The zero-order valence-electron chi connectivity index (χ0n) is 17.2. The molecule has 2 N–H and O–H groups in total. The van der Waals surface area contributed by atoms with Crippen molar-refractivity contribution in [2.75, 3.05) is 11.1 Å². The van der Waals surface area contributed by atoms with E-state index in [-0.39, 0.29) is 12.3 Å². The molecule has 0 heterocycles. The molecule has 0 atom stereocenters. The van der Waals surface area contributed by atoms with Crippen molar-refractivity contribution in [1.29, 1.82) is 0 Å². The second-order valence-corrected chi connectivity index (χ2v) is 8.21. The van der Waals surface area contributed by atoms with Gasteiger partial charge in [0.15, 0.2) is 0 Å². The Labute approximate surface area is 187 Å². The number of aliphatic carboxylic acids is 1. The zero-order chi connectivity index (χ0) is 21.9. The molecular weight excluding hydrogens is 406 g/mol. The van der Waals surface area contributed by atoms with Gasteiger partial charge in [0.1, 0.15) is 0 Å². The molecule has 5 heteroatoms. The fourth-order valence-corrected chi connectivity index (χ4v) is 3.98. The number of para-hydroxylation sites is 1. The maximum Gasteiger partial charge on any atom is 0.303 e. The molecule has 0 radical (unpaired) electrons. The van der Waals surface area contributed by atoms with E-state index in [9.17, 15) is 9.59 Å². The summed E-state index contributed by atoms with van der Waals surface area (Å²) in [6.45, 7) is 0. The van der Waals surface area contributed by atoms with Crippen molar-refractivity contribution in [2.45, 2.75) is 24.2 Å². The topological polar surface area (TPSA) is 66.4 Å². The Hall–Kier alpha value is -3.31. The molecule has 3 rings (SSSR count). The third-order valence-electron chi connectivity index (χ3n) is 4.60. The maximum atomic E-state index is 12.4. The summed E-state index contributed by atoms with van der Waals surface area (Å²) < 4.78 is 0. The number of benzene rings is 3. The van der Waals surface area contributed by atoms with Crippen molar-refractivity contribution in [1.82, 2.24) is 0 Å². The summed E-state index contributed by atoms with van der Waals surface area (Å²) in [4.78, 5) is 23.9. The van der Waals surface area contributed by atoms with Gasteiger partial charge in [0.2, 0.25) is 5.91 Å². The summed E-state index contributed by atoms with van der Waals surface area (Å²) in [6.07, 6.45) is 4.94. The van der Waals surface area contributed by atoms with Gasteiger partial charge in [0.05, 0.1) is 5.69 Å². The normalized spacial score (nSPS) is 10.8. The van der Waals surface area contributed by atoms with E-state index in [1.807, 2.05) is 54.6 Å². The molecule has 0 spiro atoms. The minimum Gasteiger partial charge on any atom is -0.481 e. The number of rotatable bonds is 10. The van der Waals surface area contributed by atoms with Crippen LogP contribution in [0.3, 0.4) is 0 Å². The SMILES string of the molecule is O=C(O)CCCSc1ccccc1NC(=O)/C=C/c1ccc(Cc2ccccc2)cc1. The molecule has 1 amide bonds. The predicted octanol–water partition coefficient (Wildman–Crippen LogP) is 5.89. The first-order valence-corrected chi connectivity index (χ1v) is 11.1. The van der Waals surface area contributed by atoms with Crippen molar-refractivity contribution in [3.8, 4) is 0 Å². The first kappa shape index (κ1) is 22.4. The van der Waals surface area contributed by atoms with E-state index in [1.165, 1.54) is 17.2 Å². The second kappa shape index (κ2) is 11.8. The van der Waals surface area contributed by atoms with E-state index < -0.39 is 5.97 Å². The predicted molar refractivity (Wildman–Crippen MR) is 127 cm³/mol. The van der Waals surface area contributed by atoms with Crippen LogP contribution in [0.5, 0.6) is 0 Å². The molecule has 0 aliphatic rings. The number of carboxylic acids is 1. The Balaban J connectivity index is 1.54. The average Bonchev–Trinajstić information content (AvgIpc) is 2.78. The lowest BCUT2D eigenvalue weighted by molar-refractivity contribution is -0.137. The fourth-order valence-electron chi connectivity index (χ4n) is 3.03. The summed E-state index contributed by atoms with van der Waals surface area (Å²) in [6, 6.07) is 26.0. The van der Waals surface area contributed by atoms with Gasteiger partial charge in [-0.2, -0.15) is 0 Å². The van der Waals surface area contributed by atoms with Gasteiger partial charge in [-0.15, -0.1) is 11.8 Å². The molecule has 0 aliphatic carbocycles. The Morgan fingerprint density at radius 3 is 2.29 bits per heavy atom. The first-order valence-electron chi connectivity index (χ1n) is 10.2. The third kappa shape index (κ3) is 7.79. The monoisotopic (exact) mass is 431 g/mol. The van der Waals surface area contributed by atoms with Crippen LogP contribution >= 0.6 is 11.8 Å². The summed E-state index contributed by atoms with van der Waals surface area (Å²) in [7, 11) is 0. The van der Waals surface area contributed by atoms with Crippen LogP contribution in [0.1, 0.15) is 29.5 Å². The molecule has 0 fully saturated rings. The highest BCUT2D eigenvalue weighted by molar-refractivity contribution is 7.99. The molecule has 3 aromatic carbocycles. The van der Waals surface area contributed by atoms with Crippen LogP contribution in [0.4, 0.5) is 5.69 Å². The number of hydrogen-bond donors (Lipinski definition) is 2. The van der Waals surface area contributed by atoms with Crippen LogP contribution in [0.2, 0.25) is 0 Å². The molecule has 3 aromatic rings. The van der Waals surface area contributed by atoms with E-state index in [2.05, 4.69) is 29.6 Å². The Morgan fingerprint density at radius 2 is 1.55 bits per heavy atom. The number of nitrogens with one attached hydrogen (secondary N) is 1. The molecule has 0 aliphatic heterocycles. The van der Waals surface area contributed by atoms with Crippen molar-refractivity contribution < 1.29 is 14.7 Å². The van der Waals surface area contributed by atoms with Crippen LogP contribution in [0.25, 0.3) is 6.08 Å². The van der Waals surface area contributed by atoms with Gasteiger partial charge >= 0.3 is 5.97 Å². The molecule has 0 unspecified atom stereocenters. The Bertz CT molecular complexity index is 1030. The largest absolute Gasteiger partial charge is 0.481 e. The lowest BCUT2D eigenvalue weighted by Gasteiger charge is -2.09. The van der Waals surface area contributed by atoms with Gasteiger partial charge in [-0.1, -0.05) is 66.7 Å². The standard InChI is InChI=1S/C26H25NO3S/c28-25(27-23-9-4-5-10-24(23)31-18-6-11-26(29)30)17-16-20-12-14-22(15-13-20)19-21-7-2-1-3-8-21/h1-5,7-10,12-17H,6,11,18-19H2,(H,27,28)(H,29,30)/b17-16+. The van der Waals surface area contributed by atoms with Gasteiger partial charge in [-0.25, -0.2) is 0 Å². The molecule has 0 saturated carbocycles. The van der Waals surface area contributed by atoms with Gasteiger partial charge in [0.25, 0.3) is 0 Å². The van der Waals surface area contributed by atoms with Crippen LogP contribution in [-0.4, -0.2) is 22.7 Å². The number of thioether (sulfide) groups is 1. The van der Waals surface area contributed by atoms with Crippen LogP contribution < -0.4 is 5.32 Å². The molecule has 4 nitrogen and oxygen atoms in total. The van der Waals surface area contributed by atoms with Crippen molar-refractivity contribution in [3.05, 3.63) is 102 Å². The molecule has 158 valence electrons. The zero-order valence-corrected chi connectivity index (χ0v) is 18.0. The summed E-state index contributed by atoms with van der Waals surface area (Å²) in [5.74, 6) is -0.308. The number of amides is 1. The number of anilines is 1. The van der Waals surface area contributed by atoms with Crippen LogP contribution in [0, 0.1) is 0 Å². The lowest BCUT2D eigenvalue weighted by atomic mass is 10.0. The summed E-state index contributed by atoms with van der Waals surface area (Å²) in [5, 5.41) is 11.7.